The largest absolute Gasteiger partial charge is 0.459 e. The fourth-order valence-corrected chi connectivity index (χ4v) is 2.64. The third kappa shape index (κ3) is 3.79. The molecule has 0 saturated carbocycles. The number of halogens is 3. The predicted molar refractivity (Wildman–Crippen MR) is 85.4 cm³/mol. The van der Waals surface area contributed by atoms with Crippen LogP contribution in [0.15, 0.2) is 28.7 Å². The Hall–Kier alpha value is -1.03. The van der Waals surface area contributed by atoms with Crippen molar-refractivity contribution in [2.24, 2.45) is 0 Å². The molecule has 21 heavy (non-hydrogen) atoms. The minimum Gasteiger partial charge on any atom is -0.459 e. The molecule has 1 aromatic heterocycles. The van der Waals surface area contributed by atoms with Gasteiger partial charge in [-0.3, -0.25) is 0 Å². The quantitative estimate of drug-likeness (QED) is 0.673. The molecular formula is C16H18Cl2FNO. The molecule has 1 heterocycles. The molecule has 0 aliphatic carbocycles. The highest BCUT2D eigenvalue weighted by atomic mass is 35.5. The molecular weight excluding hydrogens is 312 g/mol. The van der Waals surface area contributed by atoms with Crippen LogP contribution in [0, 0.1) is 5.82 Å². The number of furan rings is 1. The monoisotopic (exact) mass is 329 g/mol. The molecule has 2 aromatic rings. The van der Waals surface area contributed by atoms with Gasteiger partial charge in [0, 0.05) is 5.56 Å². The molecule has 1 unspecified atom stereocenters. The zero-order valence-corrected chi connectivity index (χ0v) is 13.6. The Morgan fingerprint density at radius 2 is 1.86 bits per heavy atom. The van der Waals surface area contributed by atoms with Gasteiger partial charge >= 0.3 is 0 Å². The average molecular weight is 330 g/mol. The Morgan fingerprint density at radius 3 is 2.43 bits per heavy atom. The van der Waals surface area contributed by atoms with Gasteiger partial charge in [0.25, 0.3) is 0 Å². The van der Waals surface area contributed by atoms with E-state index in [0.29, 0.717) is 11.3 Å². The molecule has 0 bridgehead atoms. The first-order valence-electron chi connectivity index (χ1n) is 7.04. The van der Waals surface area contributed by atoms with E-state index in [1.165, 1.54) is 12.1 Å². The molecule has 1 N–H and O–H groups in total. The molecule has 0 saturated heterocycles. The zero-order chi connectivity index (χ0) is 15.4. The summed E-state index contributed by atoms with van der Waals surface area (Å²) in [7, 11) is 0. The highest BCUT2D eigenvalue weighted by Crippen LogP contribution is 2.32. The summed E-state index contributed by atoms with van der Waals surface area (Å²) in [5.41, 5.74) is 0.669. The average Bonchev–Trinajstić information content (AvgIpc) is 2.95. The van der Waals surface area contributed by atoms with Crippen LogP contribution in [0.25, 0.3) is 11.3 Å². The molecule has 114 valence electrons. The summed E-state index contributed by atoms with van der Waals surface area (Å²) in [5, 5.41) is 3.41. The summed E-state index contributed by atoms with van der Waals surface area (Å²) in [6, 6.07) is 6.99. The van der Waals surface area contributed by atoms with E-state index in [0.717, 1.165) is 25.1 Å². The van der Waals surface area contributed by atoms with Gasteiger partial charge in [0.1, 0.15) is 11.5 Å². The second-order valence-electron chi connectivity index (χ2n) is 4.87. The van der Waals surface area contributed by atoms with Crippen LogP contribution in [0.5, 0.6) is 0 Å². The summed E-state index contributed by atoms with van der Waals surface area (Å²) in [5.74, 6) is 0.882. The van der Waals surface area contributed by atoms with E-state index in [-0.39, 0.29) is 16.1 Å². The number of hydrogen-bond acceptors (Lipinski definition) is 2. The maximum Gasteiger partial charge on any atom is 0.160 e. The highest BCUT2D eigenvalue weighted by Gasteiger charge is 2.15. The Labute approximate surface area is 134 Å². The van der Waals surface area contributed by atoms with Gasteiger partial charge in [0.2, 0.25) is 0 Å². The first-order chi connectivity index (χ1) is 10.1. The van der Waals surface area contributed by atoms with Gasteiger partial charge in [-0.2, -0.15) is 0 Å². The summed E-state index contributed by atoms with van der Waals surface area (Å²) in [6.45, 7) is 5.15. The van der Waals surface area contributed by atoms with Gasteiger partial charge < -0.3 is 9.73 Å². The van der Waals surface area contributed by atoms with Crippen LogP contribution >= 0.6 is 23.2 Å². The van der Waals surface area contributed by atoms with Crippen LogP contribution in [0.2, 0.25) is 10.0 Å². The van der Waals surface area contributed by atoms with Crippen LogP contribution in [-0.4, -0.2) is 6.54 Å². The van der Waals surface area contributed by atoms with E-state index < -0.39 is 5.82 Å². The first-order valence-corrected chi connectivity index (χ1v) is 7.80. The minimum atomic E-state index is -0.607. The maximum atomic E-state index is 13.4. The van der Waals surface area contributed by atoms with Crippen molar-refractivity contribution >= 4 is 23.2 Å². The standard InChI is InChI=1S/C16H18Cl2FNO/c1-3-7-20-13(4-2)15-6-5-14(21-15)10-8-11(17)16(19)12(18)9-10/h5-6,8-9,13,20H,3-4,7H2,1-2H3. The van der Waals surface area contributed by atoms with E-state index in [2.05, 4.69) is 19.2 Å². The lowest BCUT2D eigenvalue weighted by atomic mass is 10.1. The summed E-state index contributed by atoms with van der Waals surface area (Å²) >= 11 is 11.6. The van der Waals surface area contributed by atoms with Gasteiger partial charge in [-0.15, -0.1) is 0 Å². The zero-order valence-electron chi connectivity index (χ0n) is 12.1. The number of rotatable bonds is 6. The second-order valence-corrected chi connectivity index (χ2v) is 5.69. The first kappa shape index (κ1) is 16.3. The second kappa shape index (κ2) is 7.30. The van der Waals surface area contributed by atoms with Crippen LogP contribution in [-0.2, 0) is 0 Å². The minimum absolute atomic E-state index is 0.00778. The fraction of sp³-hybridized carbons (Fsp3) is 0.375. The topological polar surface area (TPSA) is 25.2 Å². The van der Waals surface area contributed by atoms with Gasteiger partial charge in [0.15, 0.2) is 5.82 Å². The summed E-state index contributed by atoms with van der Waals surface area (Å²) in [6.07, 6.45) is 1.99. The van der Waals surface area contributed by atoms with Crippen LogP contribution in [0.4, 0.5) is 4.39 Å². The SMILES string of the molecule is CCCNC(CC)c1ccc(-c2cc(Cl)c(F)c(Cl)c2)o1. The molecule has 1 atom stereocenters. The Morgan fingerprint density at radius 1 is 1.19 bits per heavy atom. The van der Waals surface area contributed by atoms with Crippen molar-refractivity contribution in [2.75, 3.05) is 6.54 Å². The van der Waals surface area contributed by atoms with E-state index in [1.807, 2.05) is 12.1 Å². The number of benzene rings is 1. The van der Waals surface area contributed by atoms with Crippen molar-refractivity contribution < 1.29 is 8.81 Å². The van der Waals surface area contributed by atoms with Crippen LogP contribution in [0.1, 0.15) is 38.5 Å². The van der Waals surface area contributed by atoms with E-state index in [9.17, 15) is 4.39 Å². The normalized spacial score (nSPS) is 12.6. The van der Waals surface area contributed by atoms with Gasteiger partial charge in [-0.1, -0.05) is 37.0 Å². The van der Waals surface area contributed by atoms with E-state index in [1.54, 1.807) is 0 Å². The number of nitrogens with one attached hydrogen (secondary N) is 1. The van der Waals surface area contributed by atoms with E-state index >= 15 is 0 Å². The summed E-state index contributed by atoms with van der Waals surface area (Å²) < 4.78 is 19.3. The molecule has 0 amide bonds. The molecule has 0 radical (unpaired) electrons. The predicted octanol–water partition coefficient (Wildman–Crippen LogP) is 5.84. The van der Waals surface area contributed by atoms with Gasteiger partial charge in [0.05, 0.1) is 16.1 Å². The van der Waals surface area contributed by atoms with Gasteiger partial charge in [-0.05, 0) is 43.7 Å². The van der Waals surface area contributed by atoms with Crippen LogP contribution in [0.3, 0.4) is 0 Å². The highest BCUT2D eigenvalue weighted by molar-refractivity contribution is 6.35. The molecule has 5 heteroatoms. The van der Waals surface area contributed by atoms with Crippen molar-refractivity contribution in [3.8, 4) is 11.3 Å². The molecule has 1 aromatic carbocycles. The van der Waals surface area contributed by atoms with E-state index in [4.69, 9.17) is 27.6 Å². The van der Waals surface area contributed by atoms with Crippen molar-refractivity contribution in [1.82, 2.24) is 5.32 Å². The summed E-state index contributed by atoms with van der Waals surface area (Å²) in [4.78, 5) is 0. The molecule has 0 aliphatic heterocycles. The fourth-order valence-electron chi connectivity index (χ4n) is 2.16. The molecule has 0 aliphatic rings. The van der Waals surface area contributed by atoms with Crippen molar-refractivity contribution in [1.29, 1.82) is 0 Å². The lowest BCUT2D eigenvalue weighted by Crippen LogP contribution is -2.20. The lowest BCUT2D eigenvalue weighted by Gasteiger charge is -2.13. The Balaban J connectivity index is 2.27. The number of hydrogen-bond donors (Lipinski definition) is 1. The lowest BCUT2D eigenvalue weighted by molar-refractivity contribution is 0.411. The maximum absolute atomic E-state index is 13.4. The third-order valence-corrected chi connectivity index (χ3v) is 3.84. The molecule has 0 spiro atoms. The van der Waals surface area contributed by atoms with Crippen molar-refractivity contribution in [2.45, 2.75) is 32.7 Å². The van der Waals surface area contributed by atoms with Crippen LogP contribution < -0.4 is 5.32 Å². The van der Waals surface area contributed by atoms with Crippen molar-refractivity contribution in [3.63, 3.8) is 0 Å². The molecule has 2 rings (SSSR count). The Bertz CT molecular complexity index is 589. The smallest absolute Gasteiger partial charge is 0.160 e. The Kier molecular flexibility index (Phi) is 5.68. The van der Waals surface area contributed by atoms with Gasteiger partial charge in [-0.25, -0.2) is 4.39 Å². The molecule has 0 fully saturated rings. The third-order valence-electron chi connectivity index (χ3n) is 3.29. The molecule has 2 nitrogen and oxygen atoms in total. The van der Waals surface area contributed by atoms with Crippen molar-refractivity contribution in [3.05, 3.63) is 45.9 Å².